The second kappa shape index (κ2) is 3.39. The highest BCUT2D eigenvalue weighted by Gasteiger charge is 2.38. The summed E-state index contributed by atoms with van der Waals surface area (Å²) in [5.74, 6) is 0. The molecule has 1 aliphatic rings. The van der Waals surface area contributed by atoms with Crippen molar-refractivity contribution < 1.29 is 19.8 Å². The molecule has 0 aromatic rings. The van der Waals surface area contributed by atoms with Crippen LogP contribution in [0.25, 0.3) is 0 Å². The summed E-state index contributed by atoms with van der Waals surface area (Å²) in [4.78, 5) is 20.8. The van der Waals surface area contributed by atoms with Crippen LogP contribution in [-0.4, -0.2) is 33.5 Å². The minimum absolute atomic E-state index is 0. The minimum Gasteiger partial charge on any atom is -0.382 e. The quantitative estimate of drug-likeness (QED) is 0.468. The Labute approximate surface area is 64.8 Å². The number of hydrogen-bond donors (Lipinski definition) is 2. The van der Waals surface area contributed by atoms with Gasteiger partial charge in [0.05, 0.1) is 0 Å². The van der Waals surface area contributed by atoms with Gasteiger partial charge in [-0.2, -0.15) is 0 Å². The maximum absolute atomic E-state index is 10.4. The summed E-state index contributed by atoms with van der Waals surface area (Å²) in [5.41, 5.74) is -1.12. The second-order valence-electron chi connectivity index (χ2n) is 1.74. The van der Waals surface area contributed by atoms with E-state index in [4.69, 9.17) is 10.2 Å². The maximum Gasteiger partial charge on any atom is 0.190 e. The highest BCUT2D eigenvalue weighted by Crippen LogP contribution is 2.27. The van der Waals surface area contributed by atoms with Gasteiger partial charge in [-0.25, -0.2) is 0 Å². The fourth-order valence-electron chi connectivity index (χ4n) is 0.556. The zero-order valence-corrected chi connectivity index (χ0v) is 6.59. The van der Waals surface area contributed by atoms with Crippen LogP contribution in [0.15, 0.2) is 0 Å². The number of hydrogen-bond acceptors (Lipinski definition) is 4. The largest absolute Gasteiger partial charge is 0.382 e. The van der Waals surface area contributed by atoms with Crippen molar-refractivity contribution >= 4 is 32.0 Å². The molecule has 0 spiro atoms. The monoisotopic (exact) mass is 184 g/mol. The Kier molecular flexibility index (Phi) is 3.39. The number of aliphatic hydroxyl groups is 2. The molecular formula is C4H6ClO4P. The molecule has 10 heavy (non-hydrogen) atoms. The van der Waals surface area contributed by atoms with Crippen LogP contribution < -0.4 is 0 Å². The molecule has 0 bridgehead atoms. The Bertz CT molecular complexity index is 153. The molecule has 0 aromatic heterocycles. The van der Waals surface area contributed by atoms with Gasteiger partial charge in [0, 0.05) is 8.58 Å². The summed E-state index contributed by atoms with van der Waals surface area (Å²) in [7, 11) is -0.561. The predicted molar refractivity (Wildman–Crippen MR) is 37.6 cm³/mol. The van der Waals surface area contributed by atoms with Crippen LogP contribution in [0, 0.1) is 0 Å². The van der Waals surface area contributed by atoms with Gasteiger partial charge in [0.2, 0.25) is 0 Å². The molecule has 2 unspecified atom stereocenters. The zero-order valence-electron chi connectivity index (χ0n) is 4.77. The van der Waals surface area contributed by atoms with Gasteiger partial charge in [-0.3, -0.25) is 9.59 Å². The van der Waals surface area contributed by atoms with Crippen LogP contribution in [0.3, 0.4) is 0 Å². The van der Waals surface area contributed by atoms with Crippen LogP contribution >= 0.6 is 21.0 Å². The Balaban J connectivity index is 0.000000810. The Morgan fingerprint density at radius 3 is 1.50 bits per heavy atom. The van der Waals surface area contributed by atoms with Crippen molar-refractivity contribution in [3.8, 4) is 0 Å². The van der Waals surface area contributed by atoms with Gasteiger partial charge < -0.3 is 10.2 Å². The molecule has 58 valence electrons. The van der Waals surface area contributed by atoms with E-state index in [1.165, 1.54) is 0 Å². The maximum atomic E-state index is 10.4. The van der Waals surface area contributed by atoms with Crippen LogP contribution in [0.5, 0.6) is 0 Å². The van der Waals surface area contributed by atoms with Gasteiger partial charge in [-0.05, 0) is 0 Å². The highest BCUT2D eigenvalue weighted by molar-refractivity contribution is 7.75. The Morgan fingerprint density at radius 1 is 1.10 bits per heavy atom. The molecule has 0 amide bonds. The first-order valence-corrected chi connectivity index (χ1v) is 3.34. The third-order valence-corrected chi connectivity index (χ3v) is 2.17. The van der Waals surface area contributed by atoms with Crippen molar-refractivity contribution in [3.05, 3.63) is 0 Å². The van der Waals surface area contributed by atoms with E-state index in [1.54, 1.807) is 0 Å². The van der Waals surface area contributed by atoms with Crippen molar-refractivity contribution in [1.29, 1.82) is 0 Å². The van der Waals surface area contributed by atoms with Crippen molar-refractivity contribution in [2.45, 2.75) is 12.2 Å². The normalized spacial score (nSPS) is 34.6. The summed E-state index contributed by atoms with van der Waals surface area (Å²) >= 11 is 0. The van der Waals surface area contributed by atoms with Gasteiger partial charge in [0.1, 0.15) is 12.2 Å². The van der Waals surface area contributed by atoms with E-state index in [-0.39, 0.29) is 12.4 Å². The van der Waals surface area contributed by atoms with Crippen molar-refractivity contribution in [1.82, 2.24) is 0 Å². The van der Waals surface area contributed by atoms with Gasteiger partial charge in [-0.15, -0.1) is 12.4 Å². The van der Waals surface area contributed by atoms with Gasteiger partial charge in [-0.1, -0.05) is 0 Å². The number of carbonyl (C=O) groups excluding carboxylic acids is 2. The summed E-state index contributed by atoms with van der Waals surface area (Å²) in [5, 5.41) is 17.2. The van der Waals surface area contributed by atoms with Gasteiger partial charge in [0.25, 0.3) is 0 Å². The lowest BCUT2D eigenvalue weighted by Gasteiger charge is -2.00. The molecule has 0 saturated carbocycles. The van der Waals surface area contributed by atoms with Gasteiger partial charge >= 0.3 is 0 Å². The van der Waals surface area contributed by atoms with E-state index in [1.807, 2.05) is 0 Å². The van der Waals surface area contributed by atoms with E-state index in [2.05, 4.69) is 0 Å². The number of carbonyl (C=O) groups is 2. The van der Waals surface area contributed by atoms with E-state index in [9.17, 15) is 9.59 Å². The van der Waals surface area contributed by atoms with Crippen molar-refractivity contribution in [2.24, 2.45) is 0 Å². The fraction of sp³-hybridized carbons (Fsp3) is 0.500. The van der Waals surface area contributed by atoms with E-state index in [0.29, 0.717) is 0 Å². The molecule has 0 aliphatic carbocycles. The lowest BCUT2D eigenvalue weighted by Crippen LogP contribution is -2.27. The average molecular weight is 185 g/mol. The topological polar surface area (TPSA) is 74.6 Å². The van der Waals surface area contributed by atoms with Crippen LogP contribution in [0.1, 0.15) is 0 Å². The first kappa shape index (κ1) is 9.98. The average Bonchev–Trinajstić information content (AvgIpc) is 1.98. The van der Waals surface area contributed by atoms with Gasteiger partial charge in [0.15, 0.2) is 11.0 Å². The number of aliphatic hydroxyl groups excluding tert-OH is 2. The minimum atomic E-state index is -1.46. The lowest BCUT2D eigenvalue weighted by molar-refractivity contribution is -0.129. The van der Waals surface area contributed by atoms with Crippen LogP contribution in [0.4, 0.5) is 0 Å². The van der Waals surface area contributed by atoms with E-state index >= 15 is 0 Å². The molecule has 2 atom stereocenters. The summed E-state index contributed by atoms with van der Waals surface area (Å²) in [6, 6.07) is 0. The molecule has 2 N–H and O–H groups in total. The van der Waals surface area contributed by atoms with Crippen LogP contribution in [-0.2, 0) is 9.59 Å². The third-order valence-electron chi connectivity index (χ3n) is 1.08. The summed E-state index contributed by atoms with van der Waals surface area (Å²) in [6.07, 6.45) is -2.92. The first-order chi connectivity index (χ1) is 4.13. The molecule has 4 nitrogen and oxygen atoms in total. The Hall–Kier alpha value is -0.0200. The molecule has 0 radical (unpaired) electrons. The standard InChI is InChI=1S/C4H5O4P.ClH/c5-1-2(6)4(8)9-3(1)7;/h1-2,5-6,9H;1H. The second-order valence-corrected chi connectivity index (χ2v) is 2.98. The summed E-state index contributed by atoms with van der Waals surface area (Å²) < 4.78 is 0. The summed E-state index contributed by atoms with van der Waals surface area (Å²) in [6.45, 7) is 0. The Morgan fingerprint density at radius 2 is 1.40 bits per heavy atom. The molecule has 1 rings (SSSR count). The third kappa shape index (κ3) is 1.52. The molecule has 0 aromatic carbocycles. The highest BCUT2D eigenvalue weighted by atomic mass is 35.5. The SMILES string of the molecule is Cl.O=C1PC(=O)C(O)C1O. The zero-order chi connectivity index (χ0) is 7.02. The molecule has 1 saturated heterocycles. The molecule has 1 heterocycles. The molecular weight excluding hydrogens is 178 g/mol. The van der Waals surface area contributed by atoms with E-state index < -0.39 is 31.8 Å². The number of rotatable bonds is 0. The molecule has 1 aliphatic heterocycles. The van der Waals surface area contributed by atoms with E-state index in [0.717, 1.165) is 0 Å². The van der Waals surface area contributed by atoms with Crippen LogP contribution in [0.2, 0.25) is 0 Å². The fourth-order valence-corrected chi connectivity index (χ4v) is 1.41. The number of halogens is 1. The smallest absolute Gasteiger partial charge is 0.190 e. The van der Waals surface area contributed by atoms with Crippen molar-refractivity contribution in [3.63, 3.8) is 0 Å². The predicted octanol–water partition coefficient (Wildman–Crippen LogP) is -1.12. The lowest BCUT2D eigenvalue weighted by atomic mass is 10.2. The van der Waals surface area contributed by atoms with Crippen molar-refractivity contribution in [2.75, 3.05) is 0 Å². The first-order valence-electron chi connectivity index (χ1n) is 2.34. The molecule has 1 fully saturated rings. The molecule has 6 heteroatoms.